The van der Waals surface area contributed by atoms with E-state index in [1.165, 1.54) is 69.9 Å². The van der Waals surface area contributed by atoms with Crippen molar-refractivity contribution >= 4 is 28.7 Å². The molecule has 0 saturated carbocycles. The summed E-state index contributed by atoms with van der Waals surface area (Å²) in [7, 11) is 1.62. The first-order valence-corrected chi connectivity index (χ1v) is 15.9. The second kappa shape index (κ2) is 18.3. The van der Waals surface area contributed by atoms with Gasteiger partial charge in [-0.2, -0.15) is 4.57 Å². The quantitative estimate of drug-likeness (QED) is 0.112. The van der Waals surface area contributed by atoms with Crippen LogP contribution in [0.1, 0.15) is 95.2 Å². The molecule has 3 rings (SSSR count). The molecule has 2 aromatic carbocycles. The van der Waals surface area contributed by atoms with E-state index < -0.39 is 0 Å². The second-order valence-corrected chi connectivity index (χ2v) is 11.2. The van der Waals surface area contributed by atoms with E-state index in [1.54, 1.807) is 18.4 Å². The highest BCUT2D eigenvalue weighted by Crippen LogP contribution is 2.35. The Balaban J connectivity index is 1.41. The Hall–Kier alpha value is -3.06. The number of rotatable bonds is 19. The number of hydrogen-bond donors (Lipinski definition) is 2. The highest BCUT2D eigenvalue weighted by molar-refractivity contribution is 7.07. The van der Waals surface area contributed by atoms with Gasteiger partial charge in [0.15, 0.2) is 23.7 Å². The summed E-state index contributed by atoms with van der Waals surface area (Å²) in [6, 6.07) is 13.1. The monoisotopic (exact) mass is 566 g/mol. The molecular weight excluding hydrogens is 518 g/mol. The molecule has 0 aliphatic carbocycles. The largest absolute Gasteiger partial charge is 0.493 e. The maximum absolute atomic E-state index is 12.9. The minimum Gasteiger partial charge on any atom is -0.493 e. The summed E-state index contributed by atoms with van der Waals surface area (Å²) in [6.45, 7) is 5.72. The van der Waals surface area contributed by atoms with Gasteiger partial charge in [0.05, 0.1) is 24.8 Å². The first-order valence-electron chi connectivity index (χ1n) is 15.0. The number of ether oxygens (including phenoxy) is 2. The number of carbonyl (C=O) groups excluding carboxylic acids is 1. The van der Waals surface area contributed by atoms with Crippen molar-refractivity contribution in [2.45, 2.75) is 97.4 Å². The lowest BCUT2D eigenvalue weighted by Crippen LogP contribution is -2.34. The van der Waals surface area contributed by atoms with Crippen LogP contribution in [0.15, 0.2) is 53.4 Å². The van der Waals surface area contributed by atoms with E-state index >= 15 is 0 Å². The molecule has 3 aromatic rings. The molecule has 2 amide bonds. The van der Waals surface area contributed by atoms with Crippen LogP contribution in [0.5, 0.6) is 11.5 Å². The lowest BCUT2D eigenvalue weighted by molar-refractivity contribution is -0.689. The summed E-state index contributed by atoms with van der Waals surface area (Å²) in [4.78, 5) is 12.9. The van der Waals surface area contributed by atoms with Gasteiger partial charge >= 0.3 is 6.03 Å². The summed E-state index contributed by atoms with van der Waals surface area (Å²) in [5.74, 6) is 1.18. The van der Waals surface area contributed by atoms with E-state index in [0.717, 1.165) is 30.6 Å². The van der Waals surface area contributed by atoms with Crippen LogP contribution in [-0.2, 0) is 6.54 Å². The summed E-state index contributed by atoms with van der Waals surface area (Å²) in [5, 5.41) is 8.03. The normalized spacial score (nSPS) is 10.9. The number of methoxy groups -OCH3 is 1. The molecule has 0 aliphatic heterocycles. The molecule has 0 spiro atoms. The molecule has 0 unspecified atom stereocenters. The van der Waals surface area contributed by atoms with Crippen molar-refractivity contribution in [2.75, 3.05) is 24.4 Å². The van der Waals surface area contributed by atoms with E-state index in [9.17, 15) is 4.79 Å². The van der Waals surface area contributed by atoms with E-state index in [0.29, 0.717) is 23.8 Å². The maximum Gasteiger partial charge on any atom is 0.323 e. The number of urea groups is 1. The van der Waals surface area contributed by atoms with Gasteiger partial charge in [0.25, 0.3) is 0 Å². The minimum atomic E-state index is -0.319. The van der Waals surface area contributed by atoms with E-state index in [4.69, 9.17) is 9.47 Å². The van der Waals surface area contributed by atoms with E-state index in [1.807, 2.05) is 36.4 Å². The van der Waals surface area contributed by atoms with Gasteiger partial charge in [-0.25, -0.2) is 4.79 Å². The first-order chi connectivity index (χ1) is 19.6. The standard InChI is InChI=1S/C33H47N3O3S/c1-4-5-6-7-8-9-10-11-12-13-14-15-22-39-32-30(20-17-21-31(32)38-3)35-33(37)34-29-19-16-18-28(23-29)24-36-26-40-25-27(36)2/h16-21,23,25-26H,4-15,22,24H2,1-3H3,(H-,34,35,37)/p+1. The number of thiazole rings is 1. The van der Waals surface area contributed by atoms with Crippen LogP contribution in [0, 0.1) is 6.92 Å². The van der Waals surface area contributed by atoms with Crippen LogP contribution in [0.25, 0.3) is 0 Å². The number of benzene rings is 2. The number of carbonyl (C=O) groups is 1. The molecule has 0 saturated heterocycles. The number of aryl methyl sites for hydroxylation is 1. The maximum atomic E-state index is 12.9. The Morgan fingerprint density at radius 2 is 1.55 bits per heavy atom. The topological polar surface area (TPSA) is 63.5 Å². The predicted octanol–water partition coefficient (Wildman–Crippen LogP) is 9.12. The molecule has 218 valence electrons. The van der Waals surface area contributed by atoms with Crippen LogP contribution in [0.4, 0.5) is 16.2 Å². The number of anilines is 2. The molecule has 0 fully saturated rings. The Bertz CT molecular complexity index is 1150. The van der Waals surface area contributed by atoms with Gasteiger partial charge in [0.1, 0.15) is 0 Å². The van der Waals surface area contributed by atoms with Crippen molar-refractivity contribution in [1.29, 1.82) is 0 Å². The lowest BCUT2D eigenvalue weighted by atomic mass is 10.1. The van der Waals surface area contributed by atoms with Gasteiger partial charge in [-0.3, -0.25) is 0 Å². The zero-order valence-electron chi connectivity index (χ0n) is 24.7. The van der Waals surface area contributed by atoms with Crippen LogP contribution in [-0.4, -0.2) is 19.7 Å². The fourth-order valence-corrected chi connectivity index (χ4v) is 5.57. The number of unbranched alkanes of at least 4 members (excludes halogenated alkanes) is 11. The molecule has 1 heterocycles. The fraction of sp³-hybridized carbons (Fsp3) is 0.515. The SMILES string of the molecule is CCCCCCCCCCCCCCOc1c(NC(=O)Nc2cccc(C[n+]3cscc3C)c2)cccc1OC. The molecule has 40 heavy (non-hydrogen) atoms. The van der Waals surface area contributed by atoms with Crippen molar-refractivity contribution in [1.82, 2.24) is 0 Å². The highest BCUT2D eigenvalue weighted by Gasteiger charge is 2.14. The third-order valence-electron chi connectivity index (χ3n) is 7.11. The Labute approximate surface area is 245 Å². The van der Waals surface area contributed by atoms with Gasteiger partial charge in [0, 0.05) is 18.2 Å². The van der Waals surface area contributed by atoms with Crippen LogP contribution < -0.4 is 24.7 Å². The van der Waals surface area contributed by atoms with Crippen molar-refractivity contribution in [3.63, 3.8) is 0 Å². The molecule has 0 aliphatic rings. The number of nitrogens with zero attached hydrogens (tertiary/aromatic N) is 1. The molecule has 0 bridgehead atoms. The van der Waals surface area contributed by atoms with Crippen molar-refractivity contribution in [2.24, 2.45) is 0 Å². The third-order valence-corrected chi connectivity index (χ3v) is 7.96. The van der Waals surface area contributed by atoms with Crippen LogP contribution in [0.2, 0.25) is 0 Å². The average Bonchev–Trinajstić information content (AvgIpc) is 3.35. The van der Waals surface area contributed by atoms with Crippen molar-refractivity contribution < 1.29 is 18.8 Å². The molecule has 6 nitrogen and oxygen atoms in total. The highest BCUT2D eigenvalue weighted by atomic mass is 32.1. The van der Waals surface area contributed by atoms with Crippen molar-refractivity contribution in [3.05, 3.63) is 64.6 Å². The third kappa shape index (κ3) is 11.2. The summed E-state index contributed by atoms with van der Waals surface area (Å²) in [6.07, 6.45) is 15.6. The fourth-order valence-electron chi connectivity index (χ4n) is 4.79. The van der Waals surface area contributed by atoms with Gasteiger partial charge in [-0.05, 0) is 30.7 Å². The molecule has 2 N–H and O–H groups in total. The molecule has 7 heteroatoms. The van der Waals surface area contributed by atoms with E-state index in [-0.39, 0.29) is 6.03 Å². The van der Waals surface area contributed by atoms with Gasteiger partial charge in [-0.1, -0.05) is 107 Å². The Morgan fingerprint density at radius 3 is 2.20 bits per heavy atom. The molecular formula is C33H48N3O3S+. The summed E-state index contributed by atoms with van der Waals surface area (Å²) >= 11 is 1.68. The second-order valence-electron chi connectivity index (χ2n) is 10.5. The number of amides is 2. The van der Waals surface area contributed by atoms with E-state index in [2.05, 4.69) is 46.0 Å². The van der Waals surface area contributed by atoms with Gasteiger partial charge in [-0.15, -0.1) is 0 Å². The Kier molecular flexibility index (Phi) is 14.4. The van der Waals surface area contributed by atoms with Gasteiger partial charge < -0.3 is 20.1 Å². The first kappa shape index (κ1) is 31.5. The lowest BCUT2D eigenvalue weighted by Gasteiger charge is -2.16. The summed E-state index contributed by atoms with van der Waals surface area (Å²) in [5.41, 5.74) is 5.78. The zero-order valence-corrected chi connectivity index (χ0v) is 25.5. The smallest absolute Gasteiger partial charge is 0.323 e. The molecule has 0 radical (unpaired) electrons. The molecule has 0 atom stereocenters. The van der Waals surface area contributed by atoms with Crippen molar-refractivity contribution in [3.8, 4) is 11.5 Å². The minimum absolute atomic E-state index is 0.319. The zero-order chi connectivity index (χ0) is 28.4. The number of nitrogens with one attached hydrogen (secondary N) is 2. The van der Waals surface area contributed by atoms with Gasteiger partial charge in [0.2, 0.25) is 5.51 Å². The number of aromatic nitrogens is 1. The number of para-hydroxylation sites is 1. The van der Waals surface area contributed by atoms with Crippen LogP contribution in [0.3, 0.4) is 0 Å². The molecule has 1 aromatic heterocycles. The predicted molar refractivity (Wildman–Crippen MR) is 167 cm³/mol. The average molecular weight is 567 g/mol. The summed E-state index contributed by atoms with van der Waals surface area (Å²) < 4.78 is 13.8. The number of hydrogen-bond acceptors (Lipinski definition) is 4. The Morgan fingerprint density at radius 1 is 0.875 bits per heavy atom. The van der Waals surface area contributed by atoms with Crippen LogP contribution >= 0.6 is 11.3 Å².